The number of carbonyl (C=O) groups is 2. The molecule has 3 heterocycles. The molecule has 0 N–H and O–H groups in total. The number of hydrogen-bond donors (Lipinski definition) is 0. The van der Waals surface area contributed by atoms with Gasteiger partial charge in [0.15, 0.2) is 0 Å². The second-order valence-corrected chi connectivity index (χ2v) is 5.60. The van der Waals surface area contributed by atoms with Gasteiger partial charge < -0.3 is 9.80 Å². The monoisotopic (exact) mass is 274 g/mol. The predicted octanol–water partition coefficient (Wildman–Crippen LogP) is 0.704. The van der Waals surface area contributed by atoms with Crippen LogP contribution in [0.5, 0.6) is 0 Å². The Labute approximate surface area is 117 Å². The van der Waals surface area contributed by atoms with Crippen LogP contribution in [0.1, 0.15) is 36.2 Å². The third-order valence-electron chi connectivity index (χ3n) is 4.51. The van der Waals surface area contributed by atoms with Gasteiger partial charge in [-0.1, -0.05) is 0 Å². The molecule has 1 aromatic heterocycles. The fourth-order valence-corrected chi connectivity index (χ4v) is 3.27. The summed E-state index contributed by atoms with van der Waals surface area (Å²) >= 11 is 0. The number of piperidine rings is 1. The molecule has 106 valence electrons. The van der Waals surface area contributed by atoms with Gasteiger partial charge in [0.2, 0.25) is 5.91 Å². The van der Waals surface area contributed by atoms with Gasteiger partial charge >= 0.3 is 0 Å². The molecule has 1 spiro atoms. The summed E-state index contributed by atoms with van der Waals surface area (Å²) in [5, 5.41) is 0. The largest absolute Gasteiger partial charge is 0.338 e. The van der Waals surface area contributed by atoms with Crippen molar-refractivity contribution in [1.29, 1.82) is 0 Å². The normalized spacial score (nSPS) is 26.4. The lowest BCUT2D eigenvalue weighted by Gasteiger charge is -2.44. The van der Waals surface area contributed by atoms with Gasteiger partial charge in [-0.05, 0) is 19.3 Å². The topological polar surface area (TPSA) is 66.4 Å². The van der Waals surface area contributed by atoms with Crippen LogP contribution in [-0.4, -0.2) is 57.3 Å². The van der Waals surface area contributed by atoms with Crippen LogP contribution in [0.2, 0.25) is 0 Å². The molecule has 1 atom stereocenters. The van der Waals surface area contributed by atoms with Crippen LogP contribution in [0.15, 0.2) is 18.6 Å². The summed E-state index contributed by atoms with van der Waals surface area (Å²) in [5.74, 6) is 0.0868. The van der Waals surface area contributed by atoms with E-state index in [9.17, 15) is 9.59 Å². The standard InChI is InChI=1S/C14H18N4O2/c1-17-12(19)3-5-14(17)4-2-8-18(10-14)13(20)11-9-15-6-7-16-11/h6-7,9H,2-5,8,10H2,1H3. The highest BCUT2D eigenvalue weighted by Gasteiger charge is 2.46. The fourth-order valence-electron chi connectivity index (χ4n) is 3.27. The van der Waals surface area contributed by atoms with Crippen molar-refractivity contribution in [1.82, 2.24) is 19.8 Å². The molecule has 0 aliphatic carbocycles. The van der Waals surface area contributed by atoms with E-state index in [0.717, 1.165) is 25.8 Å². The average molecular weight is 274 g/mol. The van der Waals surface area contributed by atoms with E-state index < -0.39 is 0 Å². The Bertz CT molecular complexity index is 533. The SMILES string of the molecule is CN1C(=O)CCC12CCCN(C(=O)c1cnccn1)C2. The van der Waals surface area contributed by atoms with E-state index in [2.05, 4.69) is 9.97 Å². The van der Waals surface area contributed by atoms with Crippen LogP contribution in [0.25, 0.3) is 0 Å². The highest BCUT2D eigenvalue weighted by Crippen LogP contribution is 2.36. The number of aromatic nitrogens is 2. The Kier molecular flexibility index (Phi) is 3.16. The van der Waals surface area contributed by atoms with Crippen molar-refractivity contribution in [3.05, 3.63) is 24.3 Å². The second kappa shape index (κ2) is 4.85. The first kappa shape index (κ1) is 13.0. The van der Waals surface area contributed by atoms with Crippen LogP contribution in [0.4, 0.5) is 0 Å². The predicted molar refractivity (Wildman–Crippen MR) is 71.9 cm³/mol. The highest BCUT2D eigenvalue weighted by molar-refractivity contribution is 5.92. The number of likely N-dealkylation sites (tertiary alicyclic amines) is 2. The van der Waals surface area contributed by atoms with E-state index >= 15 is 0 Å². The van der Waals surface area contributed by atoms with Crippen molar-refractivity contribution < 1.29 is 9.59 Å². The number of carbonyl (C=O) groups excluding carboxylic acids is 2. The molecule has 2 aliphatic rings. The number of amides is 2. The first-order chi connectivity index (χ1) is 9.62. The number of hydrogen-bond acceptors (Lipinski definition) is 4. The lowest BCUT2D eigenvalue weighted by atomic mass is 9.86. The van der Waals surface area contributed by atoms with Crippen LogP contribution < -0.4 is 0 Å². The molecular formula is C14H18N4O2. The molecule has 1 unspecified atom stereocenters. The Morgan fingerprint density at radius 3 is 2.85 bits per heavy atom. The maximum Gasteiger partial charge on any atom is 0.274 e. The molecule has 2 amide bonds. The summed E-state index contributed by atoms with van der Waals surface area (Å²) in [5.41, 5.74) is 0.198. The van der Waals surface area contributed by atoms with E-state index in [1.54, 1.807) is 6.20 Å². The molecule has 3 rings (SSSR count). The van der Waals surface area contributed by atoms with Crippen LogP contribution in [0, 0.1) is 0 Å². The number of likely N-dealkylation sites (N-methyl/N-ethyl adjacent to an activating group) is 1. The minimum atomic E-state index is -0.173. The lowest BCUT2D eigenvalue weighted by molar-refractivity contribution is -0.130. The first-order valence-electron chi connectivity index (χ1n) is 6.94. The number of rotatable bonds is 1. The van der Waals surface area contributed by atoms with Gasteiger partial charge in [0, 0.05) is 39.0 Å². The second-order valence-electron chi connectivity index (χ2n) is 5.60. The van der Waals surface area contributed by atoms with Gasteiger partial charge in [-0.2, -0.15) is 0 Å². The van der Waals surface area contributed by atoms with Gasteiger partial charge in [0.1, 0.15) is 5.69 Å². The maximum absolute atomic E-state index is 12.4. The molecule has 2 aliphatic heterocycles. The van der Waals surface area contributed by atoms with E-state index in [1.165, 1.54) is 12.4 Å². The summed E-state index contributed by atoms with van der Waals surface area (Å²) in [6.45, 7) is 1.32. The molecule has 0 aromatic carbocycles. The summed E-state index contributed by atoms with van der Waals surface area (Å²) in [6.07, 6.45) is 7.89. The highest BCUT2D eigenvalue weighted by atomic mass is 16.2. The summed E-state index contributed by atoms with van der Waals surface area (Å²) in [7, 11) is 1.85. The van der Waals surface area contributed by atoms with Crippen LogP contribution in [-0.2, 0) is 4.79 Å². The van der Waals surface area contributed by atoms with E-state index in [0.29, 0.717) is 18.7 Å². The molecule has 0 saturated carbocycles. The third-order valence-corrected chi connectivity index (χ3v) is 4.51. The smallest absolute Gasteiger partial charge is 0.274 e. The molecule has 6 nitrogen and oxygen atoms in total. The van der Waals surface area contributed by atoms with Crippen LogP contribution >= 0.6 is 0 Å². The zero-order valence-corrected chi connectivity index (χ0v) is 11.6. The van der Waals surface area contributed by atoms with Crippen LogP contribution in [0.3, 0.4) is 0 Å². The van der Waals surface area contributed by atoms with Crippen molar-refractivity contribution in [3.8, 4) is 0 Å². The van der Waals surface area contributed by atoms with Gasteiger partial charge in [-0.3, -0.25) is 14.6 Å². The van der Waals surface area contributed by atoms with Crippen molar-refractivity contribution >= 4 is 11.8 Å². The molecule has 0 bridgehead atoms. The Morgan fingerprint density at radius 2 is 2.20 bits per heavy atom. The zero-order valence-electron chi connectivity index (χ0n) is 11.6. The zero-order chi connectivity index (χ0) is 14.2. The Morgan fingerprint density at radius 1 is 1.35 bits per heavy atom. The van der Waals surface area contributed by atoms with Gasteiger partial charge in [0.25, 0.3) is 5.91 Å². The summed E-state index contributed by atoms with van der Waals surface area (Å²) in [4.78, 5) is 35.9. The molecule has 1 aromatic rings. The summed E-state index contributed by atoms with van der Waals surface area (Å²) in [6, 6.07) is 0. The Hall–Kier alpha value is -1.98. The fraction of sp³-hybridized carbons (Fsp3) is 0.571. The van der Waals surface area contributed by atoms with Crippen molar-refractivity contribution in [2.24, 2.45) is 0 Å². The maximum atomic E-state index is 12.4. The van der Waals surface area contributed by atoms with E-state index in [-0.39, 0.29) is 17.4 Å². The minimum absolute atomic E-state index is 0.0927. The molecule has 0 radical (unpaired) electrons. The average Bonchev–Trinajstić information content (AvgIpc) is 2.76. The molecule has 6 heteroatoms. The van der Waals surface area contributed by atoms with Crippen molar-refractivity contribution in [3.63, 3.8) is 0 Å². The number of nitrogens with zero attached hydrogens (tertiary/aromatic N) is 4. The van der Waals surface area contributed by atoms with Crippen molar-refractivity contribution in [2.75, 3.05) is 20.1 Å². The van der Waals surface area contributed by atoms with Crippen molar-refractivity contribution in [2.45, 2.75) is 31.2 Å². The minimum Gasteiger partial charge on any atom is -0.338 e. The van der Waals surface area contributed by atoms with Gasteiger partial charge in [-0.25, -0.2) is 4.98 Å². The quantitative estimate of drug-likeness (QED) is 0.756. The first-order valence-corrected chi connectivity index (χ1v) is 6.94. The Balaban J connectivity index is 1.79. The molecule has 20 heavy (non-hydrogen) atoms. The summed E-state index contributed by atoms with van der Waals surface area (Å²) < 4.78 is 0. The lowest BCUT2D eigenvalue weighted by Crippen LogP contribution is -2.56. The van der Waals surface area contributed by atoms with E-state index in [4.69, 9.17) is 0 Å². The van der Waals surface area contributed by atoms with Gasteiger partial charge in [0.05, 0.1) is 11.7 Å². The van der Waals surface area contributed by atoms with E-state index in [1.807, 2.05) is 16.8 Å². The molecule has 2 saturated heterocycles. The molecular weight excluding hydrogens is 256 g/mol. The molecule has 2 fully saturated rings. The third kappa shape index (κ3) is 2.05. The van der Waals surface area contributed by atoms with Gasteiger partial charge in [-0.15, -0.1) is 0 Å².